The Morgan fingerprint density at radius 2 is 1.80 bits per heavy atom. The monoisotopic (exact) mass is 432 g/mol. The SMILES string of the molecule is O=C(N[C@H]1CC[C@H](C(=O)Nc2ccc(F)cc2Cl)CC1)c1cccc2c1OCCO2. The topological polar surface area (TPSA) is 76.7 Å². The average molecular weight is 433 g/mol. The number of benzene rings is 2. The van der Waals surface area contributed by atoms with E-state index in [0.717, 1.165) is 0 Å². The summed E-state index contributed by atoms with van der Waals surface area (Å²) in [5.74, 6) is 0.0740. The maximum Gasteiger partial charge on any atom is 0.255 e. The molecule has 4 rings (SSSR count). The maximum absolute atomic E-state index is 13.2. The van der Waals surface area contributed by atoms with Crippen molar-refractivity contribution in [3.8, 4) is 11.5 Å². The Balaban J connectivity index is 1.31. The molecule has 2 aromatic carbocycles. The van der Waals surface area contributed by atoms with Gasteiger partial charge in [0.15, 0.2) is 11.5 Å². The molecular weight excluding hydrogens is 411 g/mol. The summed E-state index contributed by atoms with van der Waals surface area (Å²) in [4.78, 5) is 25.3. The molecule has 0 radical (unpaired) electrons. The van der Waals surface area contributed by atoms with Gasteiger partial charge in [-0.1, -0.05) is 17.7 Å². The third kappa shape index (κ3) is 4.51. The molecule has 8 heteroatoms. The highest BCUT2D eigenvalue weighted by Crippen LogP contribution is 2.34. The predicted molar refractivity (Wildman–Crippen MR) is 111 cm³/mol. The molecule has 0 atom stereocenters. The van der Waals surface area contributed by atoms with Crippen molar-refractivity contribution in [3.63, 3.8) is 0 Å². The predicted octanol–water partition coefficient (Wildman–Crippen LogP) is 4.18. The Hall–Kier alpha value is -2.80. The summed E-state index contributed by atoms with van der Waals surface area (Å²) in [7, 11) is 0. The standard InChI is InChI=1S/C22H22ClFN2O4/c23-17-12-14(24)6-9-18(17)26-21(27)13-4-7-15(8-5-13)25-22(28)16-2-1-3-19-20(16)30-11-10-29-19/h1-3,6,9,12-13,15H,4-5,7-8,10-11H2,(H,25,28)(H,26,27)/t13-,15-. The highest BCUT2D eigenvalue weighted by atomic mass is 35.5. The number of hydrogen-bond acceptors (Lipinski definition) is 4. The molecule has 0 spiro atoms. The summed E-state index contributed by atoms with van der Waals surface area (Å²) in [6.07, 6.45) is 2.66. The first-order valence-electron chi connectivity index (χ1n) is 9.96. The molecule has 1 fully saturated rings. The third-order valence-corrected chi connectivity index (χ3v) is 5.75. The summed E-state index contributed by atoms with van der Waals surface area (Å²) in [5, 5.41) is 5.98. The van der Waals surface area contributed by atoms with Crippen LogP contribution < -0.4 is 20.1 Å². The van der Waals surface area contributed by atoms with Gasteiger partial charge in [0.2, 0.25) is 5.91 Å². The molecule has 6 nitrogen and oxygen atoms in total. The number of hydrogen-bond donors (Lipinski definition) is 2. The lowest BCUT2D eigenvalue weighted by atomic mass is 9.85. The van der Waals surface area contributed by atoms with Crippen LogP contribution in [-0.2, 0) is 4.79 Å². The van der Waals surface area contributed by atoms with Crippen LogP contribution in [0.1, 0.15) is 36.0 Å². The molecule has 1 saturated carbocycles. The number of carbonyl (C=O) groups excluding carboxylic acids is 2. The van der Waals surface area contributed by atoms with Crippen LogP contribution in [0, 0.1) is 11.7 Å². The van der Waals surface area contributed by atoms with Crippen LogP contribution in [0.3, 0.4) is 0 Å². The second-order valence-corrected chi connectivity index (χ2v) is 7.87. The van der Waals surface area contributed by atoms with E-state index in [1.807, 2.05) is 0 Å². The van der Waals surface area contributed by atoms with Crippen LogP contribution in [0.25, 0.3) is 0 Å². The van der Waals surface area contributed by atoms with E-state index in [1.165, 1.54) is 18.2 Å². The summed E-state index contributed by atoms with van der Waals surface area (Å²) >= 11 is 5.98. The normalized spacial score (nSPS) is 20.3. The van der Waals surface area contributed by atoms with Gasteiger partial charge in [-0.25, -0.2) is 4.39 Å². The Kier molecular flexibility index (Phi) is 6.08. The largest absolute Gasteiger partial charge is 0.486 e. The van der Waals surface area contributed by atoms with Crippen molar-refractivity contribution in [2.75, 3.05) is 18.5 Å². The maximum atomic E-state index is 13.2. The smallest absolute Gasteiger partial charge is 0.255 e. The minimum absolute atomic E-state index is 0.0173. The van der Waals surface area contributed by atoms with Crippen molar-refractivity contribution < 1.29 is 23.5 Å². The minimum atomic E-state index is -0.453. The van der Waals surface area contributed by atoms with Crippen LogP contribution in [0.5, 0.6) is 11.5 Å². The van der Waals surface area contributed by atoms with Crippen LogP contribution in [0.2, 0.25) is 5.02 Å². The van der Waals surface area contributed by atoms with Gasteiger partial charge in [0.25, 0.3) is 5.91 Å². The second-order valence-electron chi connectivity index (χ2n) is 7.47. The van der Waals surface area contributed by atoms with Gasteiger partial charge in [0, 0.05) is 12.0 Å². The Morgan fingerprint density at radius 1 is 1.03 bits per heavy atom. The van der Waals surface area contributed by atoms with E-state index >= 15 is 0 Å². The molecule has 0 aromatic heterocycles. The quantitative estimate of drug-likeness (QED) is 0.760. The molecule has 2 aliphatic rings. The molecule has 2 N–H and O–H groups in total. The second kappa shape index (κ2) is 8.92. The highest BCUT2D eigenvalue weighted by Gasteiger charge is 2.29. The van der Waals surface area contributed by atoms with Crippen molar-refractivity contribution in [1.29, 1.82) is 0 Å². The molecule has 1 aliphatic heterocycles. The highest BCUT2D eigenvalue weighted by molar-refractivity contribution is 6.33. The fourth-order valence-corrected chi connectivity index (χ4v) is 4.06. The summed E-state index contributed by atoms with van der Waals surface area (Å²) in [6, 6.07) is 9.12. The van der Waals surface area contributed by atoms with Gasteiger partial charge in [-0.15, -0.1) is 0 Å². The molecular formula is C22H22ClFN2O4. The zero-order chi connectivity index (χ0) is 21.1. The Bertz CT molecular complexity index is 960. The Morgan fingerprint density at radius 3 is 2.57 bits per heavy atom. The van der Waals surface area contributed by atoms with Gasteiger partial charge in [-0.2, -0.15) is 0 Å². The van der Waals surface area contributed by atoms with Gasteiger partial charge in [0.05, 0.1) is 16.3 Å². The number of carbonyl (C=O) groups is 2. The van der Waals surface area contributed by atoms with Gasteiger partial charge >= 0.3 is 0 Å². The number of rotatable bonds is 4. The number of anilines is 1. The molecule has 0 bridgehead atoms. The van der Waals surface area contributed by atoms with Crippen molar-refractivity contribution in [2.24, 2.45) is 5.92 Å². The van der Waals surface area contributed by atoms with Crippen LogP contribution in [-0.4, -0.2) is 31.1 Å². The summed E-state index contributed by atoms with van der Waals surface area (Å²) in [5.41, 5.74) is 0.854. The molecule has 0 saturated heterocycles. The van der Waals surface area contributed by atoms with Crippen LogP contribution in [0.4, 0.5) is 10.1 Å². The van der Waals surface area contributed by atoms with E-state index in [-0.39, 0.29) is 28.8 Å². The van der Waals surface area contributed by atoms with E-state index in [4.69, 9.17) is 21.1 Å². The lowest BCUT2D eigenvalue weighted by molar-refractivity contribution is -0.120. The first-order valence-corrected chi connectivity index (χ1v) is 10.3. The first-order chi connectivity index (χ1) is 14.5. The fourth-order valence-electron chi connectivity index (χ4n) is 3.84. The number of fused-ring (bicyclic) bond motifs is 1. The van der Waals surface area contributed by atoms with Gasteiger partial charge in [-0.05, 0) is 56.0 Å². The van der Waals surface area contributed by atoms with Gasteiger partial charge in [-0.3, -0.25) is 9.59 Å². The first kappa shape index (κ1) is 20.5. The van der Waals surface area contributed by atoms with E-state index in [1.54, 1.807) is 18.2 Å². The number of para-hydroxylation sites is 1. The van der Waals surface area contributed by atoms with Gasteiger partial charge < -0.3 is 20.1 Å². The molecule has 1 aliphatic carbocycles. The number of amides is 2. The lowest BCUT2D eigenvalue weighted by Gasteiger charge is -2.29. The molecule has 158 valence electrons. The average Bonchev–Trinajstić information content (AvgIpc) is 2.75. The van der Waals surface area contributed by atoms with Crippen LogP contribution >= 0.6 is 11.6 Å². The van der Waals surface area contributed by atoms with Crippen LogP contribution in [0.15, 0.2) is 36.4 Å². The third-order valence-electron chi connectivity index (χ3n) is 5.43. The molecule has 0 unspecified atom stereocenters. The van der Waals surface area contributed by atoms with Crippen molar-refractivity contribution in [2.45, 2.75) is 31.7 Å². The molecule has 2 amide bonds. The molecule has 30 heavy (non-hydrogen) atoms. The van der Waals surface area contributed by atoms with E-state index in [0.29, 0.717) is 61.6 Å². The lowest BCUT2D eigenvalue weighted by Crippen LogP contribution is -2.39. The molecule has 1 heterocycles. The fraction of sp³-hybridized carbons (Fsp3) is 0.364. The molecule has 2 aromatic rings. The Labute approximate surface area is 178 Å². The van der Waals surface area contributed by atoms with Crippen molar-refractivity contribution >= 4 is 29.1 Å². The number of ether oxygens (including phenoxy) is 2. The van der Waals surface area contributed by atoms with E-state index in [9.17, 15) is 14.0 Å². The zero-order valence-electron chi connectivity index (χ0n) is 16.3. The minimum Gasteiger partial charge on any atom is -0.486 e. The number of nitrogens with one attached hydrogen (secondary N) is 2. The van der Waals surface area contributed by atoms with Gasteiger partial charge in [0.1, 0.15) is 19.0 Å². The van der Waals surface area contributed by atoms with Crippen molar-refractivity contribution in [1.82, 2.24) is 5.32 Å². The summed E-state index contributed by atoms with van der Waals surface area (Å²) in [6.45, 7) is 0.878. The van der Waals surface area contributed by atoms with E-state index in [2.05, 4.69) is 10.6 Å². The van der Waals surface area contributed by atoms with Crippen molar-refractivity contribution in [3.05, 3.63) is 52.8 Å². The van der Waals surface area contributed by atoms with E-state index < -0.39 is 5.82 Å². The summed E-state index contributed by atoms with van der Waals surface area (Å²) < 4.78 is 24.3. The number of halogens is 2. The zero-order valence-corrected chi connectivity index (χ0v) is 17.0.